The molecular weight excluding hydrogens is 751 g/mol. The summed E-state index contributed by atoms with van der Waals surface area (Å²) in [5, 5.41) is 7.07. The molecule has 0 saturated carbocycles. The van der Waals surface area contributed by atoms with Crippen molar-refractivity contribution in [2.45, 2.75) is 58.8 Å². The summed E-state index contributed by atoms with van der Waals surface area (Å²) < 4.78 is 28.9. The molecule has 1 aliphatic carbocycles. The van der Waals surface area contributed by atoms with E-state index in [-0.39, 0.29) is 17.0 Å². The number of nitrogens with zero attached hydrogens (tertiary/aromatic N) is 2. The Kier molecular flexibility index (Phi) is 9.29. The van der Waals surface area contributed by atoms with Crippen molar-refractivity contribution in [2.75, 3.05) is 9.80 Å². The predicted octanol–water partition coefficient (Wildman–Crippen LogP) is 16.9. The van der Waals surface area contributed by atoms with Gasteiger partial charge in [0.25, 0.3) is 0 Å². The number of hydrogen-bond donors (Lipinski definition) is 0. The fourth-order valence-electron chi connectivity index (χ4n) is 9.85. The Balaban J connectivity index is 1.23. The van der Waals surface area contributed by atoms with E-state index >= 15 is 0 Å². The first-order valence-electron chi connectivity index (χ1n) is 21.4. The average Bonchev–Trinajstić information content (AvgIpc) is 3.52. The molecule has 300 valence electrons. The maximum absolute atomic E-state index is 14.5. The minimum absolute atomic E-state index is 0.263. The number of benzene rings is 9. The maximum atomic E-state index is 14.5. The van der Waals surface area contributed by atoms with Crippen LogP contribution in [-0.2, 0) is 5.41 Å². The van der Waals surface area contributed by atoms with Crippen LogP contribution in [0.4, 0.5) is 42.9 Å². The first-order chi connectivity index (χ1) is 29.5. The maximum Gasteiger partial charge on any atom is 0.123 e. The number of hydrogen-bond acceptors (Lipinski definition) is 2. The highest BCUT2D eigenvalue weighted by Gasteiger charge is 2.41. The van der Waals surface area contributed by atoms with Crippen LogP contribution in [0.1, 0.15) is 75.6 Å². The van der Waals surface area contributed by atoms with E-state index in [4.69, 9.17) is 0 Å². The Labute approximate surface area is 357 Å². The zero-order chi connectivity index (χ0) is 42.2. The number of fused-ring (bicyclic) bond motifs is 10. The number of halogens is 2. The van der Waals surface area contributed by atoms with E-state index < -0.39 is 0 Å². The number of rotatable bonds is 8. The summed E-state index contributed by atoms with van der Waals surface area (Å²) in [4.78, 5) is 4.51. The van der Waals surface area contributed by atoms with E-state index in [1.165, 1.54) is 72.4 Å². The highest BCUT2D eigenvalue weighted by molar-refractivity contribution is 6.21. The lowest BCUT2D eigenvalue weighted by atomic mass is 9.77. The van der Waals surface area contributed by atoms with Gasteiger partial charge in [0.05, 0.1) is 5.69 Å². The van der Waals surface area contributed by atoms with Crippen LogP contribution < -0.4 is 9.80 Å². The van der Waals surface area contributed by atoms with Crippen molar-refractivity contribution in [3.63, 3.8) is 0 Å². The normalized spacial score (nSPS) is 13.0. The zero-order valence-corrected chi connectivity index (χ0v) is 35.5. The van der Waals surface area contributed by atoms with Crippen LogP contribution in [0.25, 0.3) is 43.4 Å². The molecule has 0 unspecified atom stereocenters. The van der Waals surface area contributed by atoms with Gasteiger partial charge in [-0.25, -0.2) is 8.78 Å². The lowest BCUT2D eigenvalue weighted by molar-refractivity contribution is 0.627. The highest BCUT2D eigenvalue weighted by Crippen LogP contribution is 2.59. The molecule has 4 heteroatoms. The summed E-state index contributed by atoms with van der Waals surface area (Å²) in [5.74, 6) is 0.278. The second kappa shape index (κ2) is 14.7. The Morgan fingerprint density at radius 3 is 1.34 bits per heavy atom. The van der Waals surface area contributed by atoms with Crippen LogP contribution in [0.3, 0.4) is 0 Å². The lowest BCUT2D eigenvalue weighted by Gasteiger charge is -2.30. The second-order valence-corrected chi connectivity index (χ2v) is 17.6. The van der Waals surface area contributed by atoms with Gasteiger partial charge in [-0.2, -0.15) is 0 Å². The van der Waals surface area contributed by atoms with Crippen molar-refractivity contribution in [2.24, 2.45) is 0 Å². The molecule has 0 N–H and O–H groups in total. The van der Waals surface area contributed by atoms with Gasteiger partial charge >= 0.3 is 0 Å². The van der Waals surface area contributed by atoms with Gasteiger partial charge in [0.1, 0.15) is 11.6 Å². The number of anilines is 6. The van der Waals surface area contributed by atoms with Gasteiger partial charge in [0, 0.05) is 39.2 Å². The molecule has 2 nitrogen and oxygen atoms in total. The molecule has 0 atom stereocenters. The van der Waals surface area contributed by atoms with Crippen LogP contribution >= 0.6 is 0 Å². The van der Waals surface area contributed by atoms with Gasteiger partial charge in [0.2, 0.25) is 0 Å². The smallest absolute Gasteiger partial charge is 0.123 e. The molecule has 0 saturated heterocycles. The average molecular weight is 799 g/mol. The fourth-order valence-corrected chi connectivity index (χ4v) is 9.85. The van der Waals surface area contributed by atoms with Crippen molar-refractivity contribution in [3.05, 3.63) is 204 Å². The van der Waals surface area contributed by atoms with E-state index in [1.54, 1.807) is 12.1 Å². The van der Waals surface area contributed by atoms with E-state index in [9.17, 15) is 8.78 Å². The van der Waals surface area contributed by atoms with Crippen LogP contribution in [0.5, 0.6) is 0 Å². The van der Waals surface area contributed by atoms with Gasteiger partial charge in [0.15, 0.2) is 0 Å². The molecule has 0 radical (unpaired) electrons. The largest absolute Gasteiger partial charge is 0.310 e. The van der Waals surface area contributed by atoms with Crippen molar-refractivity contribution in [3.8, 4) is 11.1 Å². The van der Waals surface area contributed by atoms with Crippen molar-refractivity contribution < 1.29 is 8.78 Å². The van der Waals surface area contributed by atoms with E-state index in [0.29, 0.717) is 11.8 Å². The summed E-state index contributed by atoms with van der Waals surface area (Å²) in [7, 11) is 0. The van der Waals surface area contributed by atoms with Gasteiger partial charge < -0.3 is 9.80 Å². The summed E-state index contributed by atoms with van der Waals surface area (Å²) in [6, 6.07) is 57.9. The third-order valence-electron chi connectivity index (χ3n) is 12.9. The van der Waals surface area contributed by atoms with Gasteiger partial charge in [-0.3, -0.25) is 0 Å². The minimum Gasteiger partial charge on any atom is -0.310 e. The summed E-state index contributed by atoms with van der Waals surface area (Å²) in [5.41, 5.74) is 13.1. The molecule has 0 bridgehead atoms. The molecule has 0 aromatic heterocycles. The Morgan fingerprint density at radius 2 is 0.820 bits per heavy atom. The van der Waals surface area contributed by atoms with Crippen molar-refractivity contribution >= 4 is 66.4 Å². The van der Waals surface area contributed by atoms with E-state index in [0.717, 1.165) is 39.5 Å². The quantitative estimate of drug-likeness (QED) is 0.141. The van der Waals surface area contributed by atoms with Crippen molar-refractivity contribution in [1.29, 1.82) is 0 Å². The second-order valence-electron chi connectivity index (χ2n) is 17.6. The Morgan fingerprint density at radius 1 is 0.393 bits per heavy atom. The van der Waals surface area contributed by atoms with Crippen molar-refractivity contribution in [1.82, 2.24) is 0 Å². The van der Waals surface area contributed by atoms with Gasteiger partial charge in [-0.05, 0) is 163 Å². The molecule has 61 heavy (non-hydrogen) atoms. The molecule has 0 aliphatic heterocycles. The third kappa shape index (κ3) is 6.36. The summed E-state index contributed by atoms with van der Waals surface area (Å²) in [6.07, 6.45) is 0. The summed E-state index contributed by atoms with van der Waals surface area (Å²) >= 11 is 0. The predicted molar refractivity (Wildman–Crippen MR) is 254 cm³/mol. The molecule has 1 aliphatic rings. The molecule has 0 spiro atoms. The molecule has 0 amide bonds. The van der Waals surface area contributed by atoms with E-state index in [2.05, 4.69) is 173 Å². The third-order valence-corrected chi connectivity index (χ3v) is 12.9. The molecule has 10 rings (SSSR count). The first kappa shape index (κ1) is 38.4. The Bertz CT molecular complexity index is 3110. The van der Waals surface area contributed by atoms with Crippen LogP contribution in [0.15, 0.2) is 170 Å². The SMILES string of the molecule is CC(C)c1ccc(N(c2ccc(F)cc2)c2ccc3c4c(c5ccccc5c3c2)-c2cc(N(c3ccc(F)cc3)c3ccc(C(C)C)cc3)c3ccccc3c2C4(C)C)cc1. The molecule has 9 aromatic carbocycles. The zero-order valence-electron chi connectivity index (χ0n) is 35.5. The topological polar surface area (TPSA) is 6.48 Å². The van der Waals surface area contributed by atoms with Crippen LogP contribution in [-0.4, -0.2) is 0 Å². The lowest BCUT2D eigenvalue weighted by Crippen LogP contribution is -2.17. The Hall–Kier alpha value is -6.78. The summed E-state index contributed by atoms with van der Waals surface area (Å²) in [6.45, 7) is 13.6. The van der Waals surface area contributed by atoms with Crippen LogP contribution in [0, 0.1) is 11.6 Å². The standard InChI is InChI=1S/C57H48F2N2/c1-35(2)37-15-23-41(24-16-37)60(42-27-19-39(58)20-28-42)45-31-32-50-51(33-45)46-11-7-9-13-48(46)54-52-34-53(47-12-8-10-14-49(47)55(52)57(5,6)56(50)54)61(44-29-21-40(59)22-30-44)43-25-17-38(18-26-43)36(3)4/h7-36H,1-6H3. The molecular formula is C57H48F2N2. The minimum atomic E-state index is -0.366. The van der Waals surface area contributed by atoms with E-state index in [1.807, 2.05) is 24.3 Å². The highest BCUT2D eigenvalue weighted by atomic mass is 19.1. The molecule has 9 aromatic rings. The fraction of sp³-hybridized carbons (Fsp3) is 0.158. The molecule has 0 heterocycles. The van der Waals surface area contributed by atoms with Crippen LogP contribution in [0.2, 0.25) is 0 Å². The first-order valence-corrected chi connectivity index (χ1v) is 21.4. The monoisotopic (exact) mass is 798 g/mol. The van der Waals surface area contributed by atoms with Gasteiger partial charge in [-0.1, -0.05) is 120 Å². The molecule has 0 fully saturated rings. The van der Waals surface area contributed by atoms with Gasteiger partial charge in [-0.15, -0.1) is 0 Å².